The minimum atomic E-state index is -1.11. The molecule has 2 N–H and O–H groups in total. The number of carbonyl (C=O) groups excluding carboxylic acids is 2. The molecule has 0 aliphatic carbocycles. The Balaban J connectivity index is 1.83. The highest BCUT2D eigenvalue weighted by molar-refractivity contribution is 5.99. The largest absolute Gasteiger partial charge is 0.480 e. The van der Waals surface area contributed by atoms with Crippen LogP contribution in [0.1, 0.15) is 29.3 Å². The third kappa shape index (κ3) is 5.29. The van der Waals surface area contributed by atoms with E-state index in [1.54, 1.807) is 24.3 Å². The van der Waals surface area contributed by atoms with Crippen LogP contribution in [0, 0.1) is 5.92 Å². The van der Waals surface area contributed by atoms with Gasteiger partial charge in [-0.15, -0.1) is 0 Å². The normalized spacial score (nSPS) is 12.9. The first-order valence-corrected chi connectivity index (χ1v) is 9.53. The first-order valence-electron chi connectivity index (χ1n) is 9.53. The molecule has 3 aromatic carbocycles. The highest BCUT2D eigenvalue weighted by Gasteiger charge is 2.26. The number of carbonyl (C=O) groups is 3. The van der Waals surface area contributed by atoms with Crippen molar-refractivity contribution in [3.8, 4) is 0 Å². The topological polar surface area (TPSA) is 83.5 Å². The van der Waals surface area contributed by atoms with Gasteiger partial charge in [-0.2, -0.15) is 0 Å². The number of fused-ring (bicyclic) bond motifs is 1. The van der Waals surface area contributed by atoms with Crippen molar-refractivity contribution in [1.29, 1.82) is 0 Å². The number of rotatable bonds is 8. The van der Waals surface area contributed by atoms with Crippen LogP contribution in [0.25, 0.3) is 10.8 Å². The predicted molar refractivity (Wildman–Crippen MR) is 112 cm³/mol. The number of amides is 1. The SMILES string of the molecule is C[C@H](NC(=O)[C@H](CC(=O)c1ccccc1)Cc1ccc2ccccc2c1)C(=O)O. The van der Waals surface area contributed by atoms with Crippen LogP contribution >= 0.6 is 0 Å². The summed E-state index contributed by atoms with van der Waals surface area (Å²) < 4.78 is 0. The summed E-state index contributed by atoms with van der Waals surface area (Å²) >= 11 is 0. The Labute approximate surface area is 169 Å². The van der Waals surface area contributed by atoms with Gasteiger partial charge < -0.3 is 10.4 Å². The van der Waals surface area contributed by atoms with Gasteiger partial charge in [0, 0.05) is 17.9 Å². The van der Waals surface area contributed by atoms with E-state index in [0.717, 1.165) is 16.3 Å². The molecule has 0 fully saturated rings. The maximum absolute atomic E-state index is 12.8. The van der Waals surface area contributed by atoms with E-state index in [0.29, 0.717) is 12.0 Å². The van der Waals surface area contributed by atoms with Crippen molar-refractivity contribution in [2.75, 3.05) is 0 Å². The Hall–Kier alpha value is -3.47. The molecule has 0 saturated heterocycles. The van der Waals surface area contributed by atoms with E-state index in [-0.39, 0.29) is 12.2 Å². The van der Waals surface area contributed by atoms with Crippen molar-refractivity contribution >= 4 is 28.4 Å². The highest BCUT2D eigenvalue weighted by atomic mass is 16.4. The van der Waals surface area contributed by atoms with Gasteiger partial charge in [0.05, 0.1) is 0 Å². The number of ketones is 1. The minimum absolute atomic E-state index is 0.00894. The molecule has 3 rings (SSSR count). The van der Waals surface area contributed by atoms with E-state index < -0.39 is 23.8 Å². The van der Waals surface area contributed by atoms with Crippen molar-refractivity contribution in [3.63, 3.8) is 0 Å². The number of aliphatic carboxylic acids is 1. The van der Waals surface area contributed by atoms with Gasteiger partial charge in [-0.25, -0.2) is 0 Å². The Bertz CT molecular complexity index is 1030. The lowest BCUT2D eigenvalue weighted by Crippen LogP contribution is -2.42. The summed E-state index contributed by atoms with van der Waals surface area (Å²) in [5, 5.41) is 13.7. The maximum atomic E-state index is 12.8. The fourth-order valence-electron chi connectivity index (χ4n) is 3.27. The van der Waals surface area contributed by atoms with Crippen molar-refractivity contribution in [2.45, 2.75) is 25.8 Å². The van der Waals surface area contributed by atoms with Gasteiger partial charge in [0.15, 0.2) is 5.78 Å². The summed E-state index contributed by atoms with van der Waals surface area (Å²) in [6.45, 7) is 1.41. The van der Waals surface area contributed by atoms with E-state index in [1.807, 2.05) is 48.5 Å². The molecule has 148 valence electrons. The molecular formula is C24H23NO4. The fourth-order valence-corrected chi connectivity index (χ4v) is 3.27. The second-order valence-electron chi connectivity index (χ2n) is 7.14. The Morgan fingerprint density at radius 1 is 0.897 bits per heavy atom. The van der Waals surface area contributed by atoms with Gasteiger partial charge in [-0.3, -0.25) is 14.4 Å². The number of carboxylic acids is 1. The van der Waals surface area contributed by atoms with Crippen molar-refractivity contribution in [1.82, 2.24) is 5.32 Å². The standard InChI is InChI=1S/C24H23NO4/c1-16(24(28)29)25-23(27)21(15-22(26)19-8-3-2-4-9-19)14-17-11-12-18-7-5-6-10-20(18)13-17/h2-13,16,21H,14-15H2,1H3,(H,25,27)(H,28,29)/t16-,21-/m0/s1. The van der Waals surface area contributed by atoms with Crippen LogP contribution in [0.5, 0.6) is 0 Å². The number of hydrogen-bond acceptors (Lipinski definition) is 3. The Morgan fingerprint density at radius 2 is 1.55 bits per heavy atom. The van der Waals surface area contributed by atoms with Crippen molar-refractivity contribution in [3.05, 3.63) is 83.9 Å². The molecule has 0 aliphatic heterocycles. The van der Waals surface area contributed by atoms with Gasteiger partial charge in [0.1, 0.15) is 6.04 Å². The third-order valence-electron chi connectivity index (χ3n) is 4.92. The summed E-state index contributed by atoms with van der Waals surface area (Å²) in [4.78, 5) is 36.6. The number of carboxylic acid groups (broad SMARTS) is 1. The predicted octanol–water partition coefficient (Wildman–Crippen LogP) is 3.86. The zero-order chi connectivity index (χ0) is 20.8. The van der Waals surface area contributed by atoms with Crippen molar-refractivity contribution < 1.29 is 19.5 Å². The molecule has 0 bridgehead atoms. The van der Waals surface area contributed by atoms with E-state index in [4.69, 9.17) is 5.11 Å². The summed E-state index contributed by atoms with van der Waals surface area (Å²) in [6, 6.07) is 21.6. The molecule has 0 heterocycles. The number of Topliss-reactive ketones (excluding diaryl/α,β-unsaturated/α-hetero) is 1. The molecule has 0 radical (unpaired) electrons. The Kier molecular flexibility index (Phi) is 6.39. The van der Waals surface area contributed by atoms with Crippen LogP contribution in [0.4, 0.5) is 0 Å². The van der Waals surface area contributed by atoms with E-state index in [1.165, 1.54) is 6.92 Å². The molecule has 0 aromatic heterocycles. The molecule has 3 aromatic rings. The lowest BCUT2D eigenvalue weighted by molar-refractivity contribution is -0.141. The summed E-state index contributed by atoms with van der Waals surface area (Å²) in [7, 11) is 0. The highest BCUT2D eigenvalue weighted by Crippen LogP contribution is 2.21. The number of nitrogens with one attached hydrogen (secondary N) is 1. The molecule has 0 unspecified atom stereocenters. The molecule has 29 heavy (non-hydrogen) atoms. The Morgan fingerprint density at radius 3 is 2.24 bits per heavy atom. The number of benzene rings is 3. The van der Waals surface area contributed by atoms with Crippen LogP contribution < -0.4 is 5.32 Å². The summed E-state index contributed by atoms with van der Waals surface area (Å²) in [5.74, 6) is -2.35. The smallest absolute Gasteiger partial charge is 0.325 e. The molecule has 0 spiro atoms. The summed E-state index contributed by atoms with van der Waals surface area (Å²) in [6.07, 6.45) is 0.358. The third-order valence-corrected chi connectivity index (χ3v) is 4.92. The van der Waals surface area contributed by atoms with Crippen LogP contribution in [0.3, 0.4) is 0 Å². The second kappa shape index (κ2) is 9.15. The fraction of sp³-hybridized carbons (Fsp3) is 0.208. The minimum Gasteiger partial charge on any atom is -0.480 e. The van der Waals surface area contributed by atoms with E-state index in [2.05, 4.69) is 5.32 Å². The van der Waals surface area contributed by atoms with E-state index in [9.17, 15) is 14.4 Å². The second-order valence-corrected chi connectivity index (χ2v) is 7.14. The zero-order valence-corrected chi connectivity index (χ0v) is 16.2. The molecule has 1 amide bonds. The quantitative estimate of drug-likeness (QED) is 0.573. The average Bonchev–Trinajstić information content (AvgIpc) is 2.73. The zero-order valence-electron chi connectivity index (χ0n) is 16.2. The lowest BCUT2D eigenvalue weighted by atomic mass is 9.90. The van der Waals surface area contributed by atoms with Gasteiger partial charge >= 0.3 is 5.97 Å². The van der Waals surface area contributed by atoms with Gasteiger partial charge in [0.25, 0.3) is 0 Å². The molecular weight excluding hydrogens is 366 g/mol. The summed E-state index contributed by atoms with van der Waals surface area (Å²) in [5.41, 5.74) is 1.46. The monoisotopic (exact) mass is 389 g/mol. The molecule has 2 atom stereocenters. The molecule has 0 saturated carbocycles. The van der Waals surface area contributed by atoms with Gasteiger partial charge in [-0.1, -0.05) is 72.8 Å². The van der Waals surface area contributed by atoms with Gasteiger partial charge in [0.2, 0.25) is 5.91 Å². The lowest BCUT2D eigenvalue weighted by Gasteiger charge is -2.18. The first kappa shape index (κ1) is 20.3. The van der Waals surface area contributed by atoms with Crippen molar-refractivity contribution in [2.24, 2.45) is 5.92 Å². The van der Waals surface area contributed by atoms with E-state index >= 15 is 0 Å². The van der Waals surface area contributed by atoms with Crippen LogP contribution in [0.15, 0.2) is 72.8 Å². The van der Waals surface area contributed by atoms with Crippen LogP contribution in [-0.2, 0) is 16.0 Å². The number of hydrogen-bond donors (Lipinski definition) is 2. The van der Waals surface area contributed by atoms with Crippen LogP contribution in [0.2, 0.25) is 0 Å². The molecule has 0 aliphatic rings. The van der Waals surface area contributed by atoms with Gasteiger partial charge in [-0.05, 0) is 29.7 Å². The maximum Gasteiger partial charge on any atom is 0.325 e. The average molecular weight is 389 g/mol. The molecule has 5 nitrogen and oxygen atoms in total. The van der Waals surface area contributed by atoms with Crippen LogP contribution in [-0.4, -0.2) is 28.8 Å². The molecule has 5 heteroatoms. The first-order chi connectivity index (χ1) is 13.9.